The van der Waals surface area contributed by atoms with E-state index >= 15 is 0 Å². The molecule has 0 amide bonds. The van der Waals surface area contributed by atoms with Gasteiger partial charge < -0.3 is 4.42 Å². The van der Waals surface area contributed by atoms with Crippen molar-refractivity contribution in [2.45, 2.75) is 38.1 Å². The lowest BCUT2D eigenvalue weighted by molar-refractivity contribution is 0.309. The molecule has 0 aromatic carbocycles. The second-order valence-corrected chi connectivity index (χ2v) is 4.69. The van der Waals surface area contributed by atoms with Gasteiger partial charge in [0.25, 0.3) is 5.56 Å². The van der Waals surface area contributed by atoms with Crippen LogP contribution in [0.2, 0.25) is 0 Å². The van der Waals surface area contributed by atoms with Crippen LogP contribution in [0.25, 0.3) is 11.1 Å². The SMILES string of the molecule is O=c1oc2ncccc2c(=O)n1C1CCCCC1. The summed E-state index contributed by atoms with van der Waals surface area (Å²) in [6.45, 7) is 0. The zero-order chi connectivity index (χ0) is 12.5. The van der Waals surface area contributed by atoms with Gasteiger partial charge in [0, 0.05) is 12.2 Å². The molecule has 5 nitrogen and oxygen atoms in total. The van der Waals surface area contributed by atoms with Crippen LogP contribution in [0.3, 0.4) is 0 Å². The van der Waals surface area contributed by atoms with Crippen molar-refractivity contribution >= 4 is 11.1 Å². The normalized spacial score (nSPS) is 17.1. The molecule has 1 aliphatic rings. The Kier molecular flexibility index (Phi) is 2.74. The molecule has 2 aromatic rings. The van der Waals surface area contributed by atoms with Gasteiger partial charge >= 0.3 is 5.76 Å². The lowest BCUT2D eigenvalue weighted by Crippen LogP contribution is -2.36. The molecule has 0 aliphatic heterocycles. The number of hydrogen-bond acceptors (Lipinski definition) is 4. The maximum Gasteiger partial charge on any atom is 0.423 e. The Morgan fingerprint density at radius 2 is 2.00 bits per heavy atom. The van der Waals surface area contributed by atoms with Crippen LogP contribution in [0.15, 0.2) is 32.3 Å². The lowest BCUT2D eigenvalue weighted by atomic mass is 9.95. The summed E-state index contributed by atoms with van der Waals surface area (Å²) in [5, 5.41) is 0.377. The quantitative estimate of drug-likeness (QED) is 0.770. The minimum Gasteiger partial charge on any atom is -0.390 e. The third kappa shape index (κ3) is 1.75. The molecule has 2 aromatic heterocycles. The van der Waals surface area contributed by atoms with Gasteiger partial charge in [-0.15, -0.1) is 0 Å². The van der Waals surface area contributed by atoms with E-state index in [9.17, 15) is 9.59 Å². The van der Waals surface area contributed by atoms with E-state index in [-0.39, 0.29) is 17.3 Å². The van der Waals surface area contributed by atoms with Crippen molar-refractivity contribution < 1.29 is 4.42 Å². The first kappa shape index (κ1) is 11.2. The summed E-state index contributed by atoms with van der Waals surface area (Å²) in [5.74, 6) is -0.585. The smallest absolute Gasteiger partial charge is 0.390 e. The van der Waals surface area contributed by atoms with Gasteiger partial charge in [-0.05, 0) is 25.0 Å². The maximum atomic E-state index is 12.3. The fourth-order valence-electron chi connectivity index (χ4n) is 2.63. The van der Waals surface area contributed by atoms with Crippen LogP contribution in [0, 0.1) is 0 Å². The molecule has 0 N–H and O–H groups in total. The van der Waals surface area contributed by atoms with Crippen LogP contribution in [0.4, 0.5) is 0 Å². The van der Waals surface area contributed by atoms with E-state index in [0.717, 1.165) is 25.7 Å². The van der Waals surface area contributed by atoms with E-state index in [1.54, 1.807) is 12.1 Å². The van der Waals surface area contributed by atoms with E-state index < -0.39 is 5.76 Å². The highest BCUT2D eigenvalue weighted by Crippen LogP contribution is 2.26. The lowest BCUT2D eigenvalue weighted by Gasteiger charge is -2.22. The number of rotatable bonds is 1. The van der Waals surface area contributed by atoms with Crippen molar-refractivity contribution in [2.24, 2.45) is 0 Å². The van der Waals surface area contributed by atoms with Gasteiger partial charge in [-0.3, -0.25) is 4.79 Å². The van der Waals surface area contributed by atoms with Gasteiger partial charge in [0.2, 0.25) is 5.71 Å². The zero-order valence-electron chi connectivity index (χ0n) is 9.96. The Morgan fingerprint density at radius 1 is 1.22 bits per heavy atom. The molecule has 2 heterocycles. The van der Waals surface area contributed by atoms with Gasteiger partial charge in [-0.25, -0.2) is 14.3 Å². The summed E-state index contributed by atoms with van der Waals surface area (Å²) >= 11 is 0. The molecule has 1 aliphatic carbocycles. The fourth-order valence-corrected chi connectivity index (χ4v) is 2.63. The average Bonchev–Trinajstić information content (AvgIpc) is 2.40. The molecule has 0 radical (unpaired) electrons. The van der Waals surface area contributed by atoms with E-state index in [4.69, 9.17) is 4.42 Å². The van der Waals surface area contributed by atoms with Gasteiger partial charge in [-0.1, -0.05) is 19.3 Å². The third-order valence-electron chi connectivity index (χ3n) is 3.54. The first-order valence-corrected chi connectivity index (χ1v) is 6.28. The molecule has 1 saturated carbocycles. The van der Waals surface area contributed by atoms with Crippen LogP contribution in [0.5, 0.6) is 0 Å². The second-order valence-electron chi connectivity index (χ2n) is 4.69. The zero-order valence-corrected chi connectivity index (χ0v) is 9.96. The predicted octanol–water partition coefficient (Wildman–Crippen LogP) is 1.85. The molecule has 0 bridgehead atoms. The Bertz CT molecular complexity index is 680. The monoisotopic (exact) mass is 246 g/mol. The summed E-state index contributed by atoms with van der Waals surface area (Å²) < 4.78 is 6.39. The fraction of sp³-hybridized carbons (Fsp3) is 0.462. The van der Waals surface area contributed by atoms with Crippen LogP contribution in [-0.4, -0.2) is 9.55 Å². The summed E-state index contributed by atoms with van der Waals surface area (Å²) in [6, 6.07) is 3.30. The number of hydrogen-bond donors (Lipinski definition) is 0. The highest BCUT2D eigenvalue weighted by molar-refractivity contribution is 5.70. The van der Waals surface area contributed by atoms with Crippen molar-refractivity contribution in [3.05, 3.63) is 39.2 Å². The molecule has 3 rings (SSSR count). The molecule has 94 valence electrons. The summed E-state index contributed by atoms with van der Waals surface area (Å²) in [6.07, 6.45) is 6.54. The second kappa shape index (κ2) is 4.40. The molecule has 1 fully saturated rings. The number of aromatic nitrogens is 2. The Morgan fingerprint density at radius 3 is 2.78 bits per heavy atom. The van der Waals surface area contributed by atoms with Crippen molar-refractivity contribution in [1.29, 1.82) is 0 Å². The third-order valence-corrected chi connectivity index (χ3v) is 3.54. The standard InChI is InChI=1S/C13H14N2O3/c16-12-10-7-4-8-14-11(10)18-13(17)15(12)9-5-2-1-3-6-9/h4,7-9H,1-3,5-6H2. The number of pyridine rings is 1. The minimum absolute atomic E-state index is 0.0212. The first-order chi connectivity index (χ1) is 8.77. The van der Waals surface area contributed by atoms with Gasteiger partial charge in [0.05, 0.1) is 0 Å². The highest BCUT2D eigenvalue weighted by Gasteiger charge is 2.21. The maximum absolute atomic E-state index is 12.3. The molecular formula is C13H14N2O3. The van der Waals surface area contributed by atoms with Crippen molar-refractivity contribution in [3.63, 3.8) is 0 Å². The average molecular weight is 246 g/mol. The molecule has 0 unspecified atom stereocenters. The topological polar surface area (TPSA) is 65.1 Å². The summed E-state index contributed by atoms with van der Waals surface area (Å²) in [4.78, 5) is 28.1. The van der Waals surface area contributed by atoms with Crippen LogP contribution < -0.4 is 11.3 Å². The minimum atomic E-state index is -0.585. The van der Waals surface area contributed by atoms with Gasteiger partial charge in [0.15, 0.2) is 0 Å². The van der Waals surface area contributed by atoms with E-state index in [2.05, 4.69) is 4.98 Å². The van der Waals surface area contributed by atoms with Crippen LogP contribution in [0.1, 0.15) is 38.1 Å². The highest BCUT2D eigenvalue weighted by atomic mass is 16.4. The van der Waals surface area contributed by atoms with Crippen LogP contribution in [-0.2, 0) is 0 Å². The van der Waals surface area contributed by atoms with Crippen molar-refractivity contribution in [1.82, 2.24) is 9.55 Å². The largest absolute Gasteiger partial charge is 0.423 e. The van der Waals surface area contributed by atoms with Crippen LogP contribution >= 0.6 is 0 Å². The Labute approximate surface area is 103 Å². The van der Waals surface area contributed by atoms with Crippen molar-refractivity contribution in [3.8, 4) is 0 Å². The van der Waals surface area contributed by atoms with Gasteiger partial charge in [-0.2, -0.15) is 0 Å². The first-order valence-electron chi connectivity index (χ1n) is 6.28. The molecule has 0 spiro atoms. The molecule has 5 heteroatoms. The molecule has 0 saturated heterocycles. The summed E-state index contributed by atoms with van der Waals surface area (Å²) in [5.41, 5.74) is -0.152. The Balaban J connectivity index is 2.22. The van der Waals surface area contributed by atoms with E-state index in [1.807, 2.05) is 0 Å². The molecular weight excluding hydrogens is 232 g/mol. The van der Waals surface area contributed by atoms with Crippen molar-refractivity contribution in [2.75, 3.05) is 0 Å². The summed E-state index contributed by atoms with van der Waals surface area (Å²) in [7, 11) is 0. The van der Waals surface area contributed by atoms with Gasteiger partial charge in [0.1, 0.15) is 5.39 Å². The van der Waals surface area contributed by atoms with E-state index in [0.29, 0.717) is 5.39 Å². The Hall–Kier alpha value is -1.91. The molecule has 18 heavy (non-hydrogen) atoms. The van der Waals surface area contributed by atoms with E-state index in [1.165, 1.54) is 17.2 Å². The number of fused-ring (bicyclic) bond motifs is 1. The molecule has 0 atom stereocenters. The number of nitrogens with zero attached hydrogens (tertiary/aromatic N) is 2. The predicted molar refractivity (Wildman–Crippen MR) is 66.7 cm³/mol.